The van der Waals surface area contributed by atoms with Crippen LogP contribution in [0.4, 0.5) is 9.59 Å². The molecule has 0 saturated heterocycles. The molecule has 0 aliphatic rings. The summed E-state index contributed by atoms with van der Waals surface area (Å²) >= 11 is 0. The zero-order chi connectivity index (χ0) is 25.1. The van der Waals surface area contributed by atoms with E-state index in [2.05, 4.69) is 10.6 Å². The van der Waals surface area contributed by atoms with Crippen LogP contribution in [0, 0.1) is 0 Å². The normalized spacial score (nSPS) is 10.5. The Morgan fingerprint density at radius 3 is 2.09 bits per heavy atom. The fraction of sp³-hybridized carbons (Fsp3) is 0.450. The maximum Gasteiger partial charge on any atom is 0.407 e. The number of amides is 3. The number of hydroxylamine groups is 2. The van der Waals surface area contributed by atoms with Gasteiger partial charge in [-0.2, -0.15) is 14.7 Å². The van der Waals surface area contributed by atoms with Crippen molar-refractivity contribution in [2.75, 3.05) is 13.1 Å². The second kappa shape index (κ2) is 17.7. The third-order valence-corrected chi connectivity index (χ3v) is 4.03. The molecule has 33 heavy (non-hydrogen) atoms. The van der Waals surface area contributed by atoms with E-state index in [9.17, 15) is 24.4 Å². The smallest absolute Gasteiger partial charge is 0.407 e. The quantitative estimate of drug-likeness (QED) is 0.159. The summed E-state index contributed by atoms with van der Waals surface area (Å²) in [5.41, 5.74) is 0.884. The lowest BCUT2D eigenvalue weighted by Crippen LogP contribution is -2.48. The fourth-order valence-corrected chi connectivity index (χ4v) is 2.42. The van der Waals surface area contributed by atoms with Crippen molar-refractivity contribution in [1.29, 1.82) is 0 Å². The van der Waals surface area contributed by atoms with Gasteiger partial charge in [-0.3, -0.25) is 10.0 Å². The molecule has 0 heterocycles. The molecule has 0 fully saturated rings. The molecule has 1 aromatic carbocycles. The van der Waals surface area contributed by atoms with Crippen LogP contribution in [0.5, 0.6) is 0 Å². The molecule has 182 valence electrons. The van der Waals surface area contributed by atoms with E-state index in [0.717, 1.165) is 5.56 Å². The van der Waals surface area contributed by atoms with Crippen LogP contribution in [0.1, 0.15) is 37.7 Å². The van der Waals surface area contributed by atoms with Crippen molar-refractivity contribution in [1.82, 2.24) is 15.7 Å². The van der Waals surface area contributed by atoms with Crippen LogP contribution in [-0.4, -0.2) is 69.8 Å². The molecule has 0 radical (unpaired) electrons. The number of nitrogens with one attached hydrogen (secondary N) is 2. The lowest BCUT2D eigenvalue weighted by Gasteiger charge is -2.22. The Kier molecular flexibility index (Phi) is 15.6. The summed E-state index contributed by atoms with van der Waals surface area (Å²) < 4.78 is 5.06. The molecule has 0 unspecified atom stereocenters. The maximum absolute atomic E-state index is 11.8. The SMILES string of the molecule is O=C(O)CC[C@@H](C(=O)O)N(O)C(=O)NCCCCCNC(=O)OCc1ccccc1.O=C=O. The van der Waals surface area contributed by atoms with Gasteiger partial charge in [-0.05, 0) is 31.2 Å². The van der Waals surface area contributed by atoms with Crippen molar-refractivity contribution in [3.63, 3.8) is 0 Å². The van der Waals surface area contributed by atoms with Gasteiger partial charge in [0, 0.05) is 19.5 Å². The molecule has 0 bridgehead atoms. The van der Waals surface area contributed by atoms with E-state index in [4.69, 9.17) is 24.5 Å². The van der Waals surface area contributed by atoms with E-state index < -0.39 is 42.9 Å². The maximum atomic E-state index is 11.8. The van der Waals surface area contributed by atoms with E-state index in [1.54, 1.807) is 0 Å². The number of carboxylic acids is 2. The zero-order valence-electron chi connectivity index (χ0n) is 17.8. The van der Waals surface area contributed by atoms with Crippen molar-refractivity contribution < 1.29 is 48.9 Å². The molecule has 1 aromatic rings. The molecular formula is C20H27N3O10. The highest BCUT2D eigenvalue weighted by Crippen LogP contribution is 2.06. The molecule has 13 heteroatoms. The number of hydrogen-bond acceptors (Lipinski definition) is 8. The summed E-state index contributed by atoms with van der Waals surface area (Å²) in [6.45, 7) is 0.754. The minimum Gasteiger partial charge on any atom is -0.481 e. The third-order valence-electron chi connectivity index (χ3n) is 4.03. The Labute approximate surface area is 189 Å². The van der Waals surface area contributed by atoms with Crippen molar-refractivity contribution in [3.05, 3.63) is 35.9 Å². The Morgan fingerprint density at radius 1 is 0.970 bits per heavy atom. The van der Waals surface area contributed by atoms with E-state index in [1.807, 2.05) is 30.3 Å². The summed E-state index contributed by atoms with van der Waals surface area (Å²) in [5.74, 6) is -2.73. The van der Waals surface area contributed by atoms with Crippen molar-refractivity contribution in [2.45, 2.75) is 44.8 Å². The number of nitrogens with zero attached hydrogens (tertiary/aromatic N) is 1. The predicted molar refractivity (Wildman–Crippen MR) is 109 cm³/mol. The van der Waals surface area contributed by atoms with Gasteiger partial charge in [0.05, 0.1) is 0 Å². The highest BCUT2D eigenvalue weighted by molar-refractivity contribution is 5.82. The Balaban J connectivity index is 0.00000322. The molecule has 0 spiro atoms. The molecule has 0 aromatic heterocycles. The van der Waals surface area contributed by atoms with Crippen LogP contribution in [0.15, 0.2) is 30.3 Å². The van der Waals surface area contributed by atoms with Crippen molar-refractivity contribution in [3.8, 4) is 0 Å². The Bertz CT molecular complexity index is 782. The van der Waals surface area contributed by atoms with Crippen LogP contribution < -0.4 is 10.6 Å². The number of alkyl carbamates (subject to hydrolysis) is 1. The number of unbranched alkanes of at least 4 members (excludes halogenated alkanes) is 2. The second-order valence-corrected chi connectivity index (χ2v) is 6.50. The van der Waals surface area contributed by atoms with Gasteiger partial charge in [-0.15, -0.1) is 0 Å². The molecule has 3 amide bonds. The summed E-state index contributed by atoms with van der Waals surface area (Å²) in [6, 6.07) is 6.60. The van der Waals surface area contributed by atoms with Gasteiger partial charge in [-0.1, -0.05) is 30.3 Å². The highest BCUT2D eigenvalue weighted by Gasteiger charge is 2.29. The number of carbonyl (C=O) groups is 4. The van der Waals surface area contributed by atoms with E-state index in [0.29, 0.717) is 25.8 Å². The van der Waals surface area contributed by atoms with E-state index in [1.165, 1.54) is 0 Å². The Hall–Kier alpha value is -3.96. The number of rotatable bonds is 13. The van der Waals surface area contributed by atoms with Crippen LogP contribution in [0.25, 0.3) is 0 Å². The molecule has 13 nitrogen and oxygen atoms in total. The minimum atomic E-state index is -1.65. The monoisotopic (exact) mass is 469 g/mol. The largest absolute Gasteiger partial charge is 0.481 e. The number of urea groups is 1. The van der Waals surface area contributed by atoms with Gasteiger partial charge < -0.3 is 25.6 Å². The first kappa shape index (κ1) is 29.0. The first-order valence-corrected chi connectivity index (χ1v) is 9.87. The highest BCUT2D eigenvalue weighted by atomic mass is 16.5. The van der Waals surface area contributed by atoms with E-state index >= 15 is 0 Å². The van der Waals surface area contributed by atoms with Crippen molar-refractivity contribution >= 4 is 30.2 Å². The lowest BCUT2D eigenvalue weighted by atomic mass is 10.1. The van der Waals surface area contributed by atoms with Gasteiger partial charge in [0.2, 0.25) is 0 Å². The molecular weight excluding hydrogens is 442 g/mol. The molecule has 0 aliphatic carbocycles. The molecule has 1 rings (SSSR count). The Morgan fingerprint density at radius 2 is 1.55 bits per heavy atom. The van der Waals surface area contributed by atoms with Crippen LogP contribution in [0.2, 0.25) is 0 Å². The van der Waals surface area contributed by atoms with Gasteiger partial charge in [0.25, 0.3) is 0 Å². The third kappa shape index (κ3) is 14.6. The summed E-state index contributed by atoms with van der Waals surface area (Å²) in [4.78, 5) is 61.2. The topological polar surface area (TPSA) is 200 Å². The summed E-state index contributed by atoms with van der Waals surface area (Å²) in [7, 11) is 0. The average Bonchev–Trinajstić information content (AvgIpc) is 2.77. The minimum absolute atomic E-state index is 0.00439. The van der Waals surface area contributed by atoms with Crippen LogP contribution in [0.3, 0.4) is 0 Å². The average molecular weight is 469 g/mol. The molecule has 5 N–H and O–H groups in total. The summed E-state index contributed by atoms with van der Waals surface area (Å²) in [6.07, 6.45) is 0.640. The second-order valence-electron chi connectivity index (χ2n) is 6.50. The first-order valence-electron chi connectivity index (χ1n) is 9.87. The molecule has 0 saturated carbocycles. The fourth-order valence-electron chi connectivity index (χ4n) is 2.42. The number of carboxylic acid groups (broad SMARTS) is 2. The number of hydrogen-bond donors (Lipinski definition) is 5. The van der Waals surface area contributed by atoms with Crippen LogP contribution in [-0.2, 0) is 30.5 Å². The molecule has 1 atom stereocenters. The van der Waals surface area contributed by atoms with Gasteiger partial charge in [-0.25, -0.2) is 14.4 Å². The standard InChI is InChI=1S/C19H27N3O8.CO2/c23-16(24)10-9-15(17(25)26)22(29)18(27)20-11-5-2-6-12-21-19(28)30-13-14-7-3-1-4-8-14;2-1-3/h1,3-4,7-8,15,29H,2,5-6,9-13H2,(H,20,27)(H,21,28)(H,23,24)(H,25,26);/t15-;/m0./s1. The number of ether oxygens (including phenoxy) is 1. The lowest BCUT2D eigenvalue weighted by molar-refractivity contribution is -0.191. The van der Waals surface area contributed by atoms with Crippen molar-refractivity contribution in [2.24, 2.45) is 0 Å². The van der Waals surface area contributed by atoms with E-state index in [-0.39, 0.29) is 24.4 Å². The number of benzene rings is 1. The van der Waals surface area contributed by atoms with Gasteiger partial charge in [0.15, 0.2) is 6.04 Å². The number of carbonyl (C=O) groups excluding carboxylic acids is 4. The predicted octanol–water partition coefficient (Wildman–Crippen LogP) is 1.22. The summed E-state index contributed by atoms with van der Waals surface area (Å²) in [5, 5.41) is 32.2. The van der Waals surface area contributed by atoms with Crippen LogP contribution >= 0.6 is 0 Å². The molecule has 0 aliphatic heterocycles. The number of aliphatic carboxylic acids is 2. The van der Waals surface area contributed by atoms with Gasteiger partial charge >= 0.3 is 30.2 Å². The zero-order valence-corrected chi connectivity index (χ0v) is 17.8. The van der Waals surface area contributed by atoms with Gasteiger partial charge in [0.1, 0.15) is 6.61 Å². The first-order chi connectivity index (χ1) is 15.7.